The first-order valence-electron chi connectivity index (χ1n) is 7.46. The number of carboxylic acids is 1. The second-order valence-corrected chi connectivity index (χ2v) is 6.20. The van der Waals surface area contributed by atoms with Crippen LogP contribution in [0, 0.1) is 0 Å². The van der Waals surface area contributed by atoms with Gasteiger partial charge in [-0.15, -0.1) is 11.3 Å². The molecule has 0 saturated heterocycles. The van der Waals surface area contributed by atoms with Gasteiger partial charge in [0.1, 0.15) is 5.75 Å². The van der Waals surface area contributed by atoms with E-state index in [0.717, 1.165) is 0 Å². The third-order valence-electron chi connectivity index (χ3n) is 3.10. The number of benzene rings is 1. The quantitative estimate of drug-likeness (QED) is 0.726. The highest BCUT2D eigenvalue weighted by molar-refractivity contribution is 7.09. The molecule has 0 aliphatic carbocycles. The van der Waals surface area contributed by atoms with Crippen LogP contribution in [0.5, 0.6) is 5.75 Å². The van der Waals surface area contributed by atoms with Crippen LogP contribution in [0.1, 0.15) is 21.1 Å². The number of halogens is 3. The van der Waals surface area contributed by atoms with Crippen LogP contribution in [0.3, 0.4) is 0 Å². The summed E-state index contributed by atoms with van der Waals surface area (Å²) in [6.45, 7) is -1.12. The summed E-state index contributed by atoms with van der Waals surface area (Å²) < 4.78 is 41.1. The van der Waals surface area contributed by atoms with Crippen molar-refractivity contribution < 1.29 is 32.6 Å². The molecule has 0 spiro atoms. The van der Waals surface area contributed by atoms with E-state index >= 15 is 0 Å². The average molecular weight is 388 g/mol. The largest absolute Gasteiger partial charge is 0.484 e. The van der Waals surface area contributed by atoms with Crippen LogP contribution >= 0.6 is 11.3 Å². The number of carbonyl (C=O) groups excluding carboxylic acids is 1. The van der Waals surface area contributed by atoms with E-state index in [9.17, 15) is 22.8 Å². The molecule has 140 valence electrons. The first-order valence-corrected chi connectivity index (χ1v) is 8.34. The summed E-state index contributed by atoms with van der Waals surface area (Å²) in [5.74, 6) is -1.38. The fourth-order valence-electron chi connectivity index (χ4n) is 1.99. The van der Waals surface area contributed by atoms with E-state index in [1.165, 1.54) is 34.9 Å². The summed E-state index contributed by atoms with van der Waals surface area (Å²) in [7, 11) is 0. The number of thiazole rings is 1. The van der Waals surface area contributed by atoms with Crippen LogP contribution in [0.15, 0.2) is 29.6 Å². The number of carbonyl (C=O) groups is 2. The van der Waals surface area contributed by atoms with E-state index in [2.05, 4.69) is 15.0 Å². The third-order valence-corrected chi connectivity index (χ3v) is 4.01. The Morgan fingerprint density at radius 2 is 2.08 bits per heavy atom. The lowest BCUT2D eigenvalue weighted by Crippen LogP contribution is -2.27. The summed E-state index contributed by atoms with van der Waals surface area (Å²) >= 11 is 1.19. The number of ether oxygens (including phenoxy) is 1. The molecule has 0 unspecified atom stereocenters. The maximum atomic E-state index is 12.2. The first-order chi connectivity index (χ1) is 12.2. The van der Waals surface area contributed by atoms with Crippen LogP contribution in [0.2, 0.25) is 0 Å². The van der Waals surface area contributed by atoms with Crippen molar-refractivity contribution in [3.05, 3.63) is 45.9 Å². The number of carboxylic acid groups (broad SMARTS) is 1. The standard InChI is InChI=1S/C16H15F3N2O4S/c17-16(18,19)9-25-11-3-1-2-10(6-11)7-13(22)20-5-4-14-21-12(8-26-14)15(23)24/h1-3,6,8H,4-5,7,9H2,(H,20,22)(H,23,24). The van der Waals surface area contributed by atoms with Crippen LogP contribution in [0.4, 0.5) is 13.2 Å². The van der Waals surface area contributed by atoms with Gasteiger partial charge in [-0.05, 0) is 17.7 Å². The minimum atomic E-state index is -4.43. The lowest BCUT2D eigenvalue weighted by Gasteiger charge is -2.10. The number of amides is 1. The Labute approximate surface area is 150 Å². The second kappa shape index (κ2) is 8.65. The highest BCUT2D eigenvalue weighted by atomic mass is 32.1. The smallest absolute Gasteiger partial charge is 0.422 e. The molecular weight excluding hydrogens is 373 g/mol. The molecule has 1 aromatic heterocycles. The molecule has 2 N–H and O–H groups in total. The average Bonchev–Trinajstić information content (AvgIpc) is 3.02. The van der Waals surface area contributed by atoms with Crippen molar-refractivity contribution in [1.82, 2.24) is 10.3 Å². The van der Waals surface area contributed by atoms with Crippen LogP contribution in [-0.4, -0.2) is 41.3 Å². The zero-order valence-corrected chi connectivity index (χ0v) is 14.2. The molecule has 0 radical (unpaired) electrons. The SMILES string of the molecule is O=C(Cc1cccc(OCC(F)(F)F)c1)NCCc1nc(C(=O)O)cs1. The molecule has 0 aliphatic rings. The van der Waals surface area contributed by atoms with Crippen LogP contribution < -0.4 is 10.1 Å². The van der Waals surface area contributed by atoms with E-state index in [4.69, 9.17) is 5.11 Å². The van der Waals surface area contributed by atoms with E-state index < -0.39 is 18.8 Å². The van der Waals surface area contributed by atoms with Crippen LogP contribution in [0.25, 0.3) is 0 Å². The van der Waals surface area contributed by atoms with Gasteiger partial charge in [-0.3, -0.25) is 4.79 Å². The van der Waals surface area contributed by atoms with E-state index in [1.54, 1.807) is 6.07 Å². The summed E-state index contributed by atoms with van der Waals surface area (Å²) in [6, 6.07) is 5.89. The Morgan fingerprint density at radius 1 is 1.31 bits per heavy atom. The molecule has 10 heteroatoms. The van der Waals surface area contributed by atoms with Gasteiger partial charge in [0, 0.05) is 18.3 Å². The van der Waals surface area contributed by atoms with Crippen molar-refractivity contribution in [2.24, 2.45) is 0 Å². The molecule has 1 aromatic carbocycles. The Hall–Kier alpha value is -2.62. The molecule has 2 rings (SSSR count). The maximum absolute atomic E-state index is 12.2. The van der Waals surface area contributed by atoms with Crippen molar-refractivity contribution in [1.29, 1.82) is 0 Å². The fourth-order valence-corrected chi connectivity index (χ4v) is 2.76. The highest BCUT2D eigenvalue weighted by Gasteiger charge is 2.28. The van der Waals surface area contributed by atoms with E-state index in [1.807, 2.05) is 0 Å². The van der Waals surface area contributed by atoms with E-state index in [0.29, 0.717) is 17.0 Å². The van der Waals surface area contributed by atoms with Gasteiger partial charge in [0.25, 0.3) is 0 Å². The van der Waals surface area contributed by atoms with Crippen molar-refractivity contribution >= 4 is 23.2 Å². The lowest BCUT2D eigenvalue weighted by atomic mass is 10.1. The number of alkyl halides is 3. The van der Waals surface area contributed by atoms with Crippen molar-refractivity contribution in [2.45, 2.75) is 19.0 Å². The molecule has 1 heterocycles. The molecular formula is C16H15F3N2O4S. The number of nitrogens with zero attached hydrogens (tertiary/aromatic N) is 1. The summed E-state index contributed by atoms with van der Waals surface area (Å²) in [6.07, 6.45) is -4.05. The van der Waals surface area contributed by atoms with Gasteiger partial charge in [-0.1, -0.05) is 12.1 Å². The minimum absolute atomic E-state index is 0.0124. The van der Waals surface area contributed by atoms with Crippen molar-refractivity contribution in [3.63, 3.8) is 0 Å². The molecule has 0 atom stereocenters. The molecule has 2 aromatic rings. The molecule has 26 heavy (non-hydrogen) atoms. The number of rotatable bonds is 8. The molecule has 1 amide bonds. The Balaban J connectivity index is 1.79. The lowest BCUT2D eigenvalue weighted by molar-refractivity contribution is -0.153. The highest BCUT2D eigenvalue weighted by Crippen LogP contribution is 2.19. The van der Waals surface area contributed by atoms with Crippen molar-refractivity contribution in [2.75, 3.05) is 13.2 Å². The fraction of sp³-hybridized carbons (Fsp3) is 0.312. The predicted molar refractivity (Wildman–Crippen MR) is 87.5 cm³/mol. The zero-order chi connectivity index (χ0) is 19.2. The van der Waals surface area contributed by atoms with Gasteiger partial charge in [0.15, 0.2) is 12.3 Å². The number of aromatic nitrogens is 1. The Kier molecular flexibility index (Phi) is 6.56. The molecule has 0 saturated carbocycles. The third kappa shape index (κ3) is 6.71. The predicted octanol–water partition coefficient (Wildman–Crippen LogP) is 2.68. The monoisotopic (exact) mass is 388 g/mol. The second-order valence-electron chi connectivity index (χ2n) is 5.26. The molecule has 0 fully saturated rings. The Morgan fingerprint density at radius 3 is 2.73 bits per heavy atom. The zero-order valence-electron chi connectivity index (χ0n) is 13.4. The molecule has 0 bridgehead atoms. The van der Waals surface area contributed by atoms with E-state index in [-0.39, 0.29) is 30.3 Å². The van der Waals surface area contributed by atoms with Gasteiger partial charge >= 0.3 is 12.1 Å². The normalized spacial score (nSPS) is 11.2. The number of nitrogens with one attached hydrogen (secondary N) is 1. The number of hydrogen-bond acceptors (Lipinski definition) is 5. The van der Waals surface area contributed by atoms with Gasteiger partial charge in [-0.25, -0.2) is 9.78 Å². The molecule has 0 aliphatic heterocycles. The first kappa shape index (κ1) is 19.7. The minimum Gasteiger partial charge on any atom is -0.484 e. The van der Waals surface area contributed by atoms with Gasteiger partial charge in [-0.2, -0.15) is 13.2 Å². The number of hydrogen-bond donors (Lipinski definition) is 2. The summed E-state index contributed by atoms with van der Waals surface area (Å²) in [5.41, 5.74) is 0.483. The number of aromatic carboxylic acids is 1. The maximum Gasteiger partial charge on any atom is 0.422 e. The van der Waals surface area contributed by atoms with Gasteiger partial charge in [0.2, 0.25) is 5.91 Å². The molecule has 6 nitrogen and oxygen atoms in total. The van der Waals surface area contributed by atoms with Crippen molar-refractivity contribution in [3.8, 4) is 5.75 Å². The van der Waals surface area contributed by atoms with Gasteiger partial charge in [0.05, 0.1) is 11.4 Å². The van der Waals surface area contributed by atoms with Gasteiger partial charge < -0.3 is 15.2 Å². The summed E-state index contributed by atoms with van der Waals surface area (Å²) in [4.78, 5) is 26.5. The van der Waals surface area contributed by atoms with Crippen LogP contribution in [-0.2, 0) is 17.6 Å². The summed E-state index contributed by atoms with van der Waals surface area (Å²) in [5, 5.41) is 13.4. The Bertz CT molecular complexity index is 777. The topological polar surface area (TPSA) is 88.5 Å².